The van der Waals surface area contributed by atoms with E-state index in [0.29, 0.717) is 17.7 Å². The molecule has 2 heteroatoms. The highest BCUT2D eigenvalue weighted by Gasteiger charge is 2.21. The van der Waals surface area contributed by atoms with Gasteiger partial charge in [0.15, 0.2) is 0 Å². The van der Waals surface area contributed by atoms with Crippen molar-refractivity contribution in [2.24, 2.45) is 4.99 Å². The van der Waals surface area contributed by atoms with Gasteiger partial charge < -0.3 is 5.11 Å². The molecule has 0 spiro atoms. The summed E-state index contributed by atoms with van der Waals surface area (Å²) in [5.41, 5.74) is 4.42. The number of aliphatic imine (C=N–C) groups is 1. The van der Waals surface area contributed by atoms with E-state index in [0.717, 1.165) is 11.1 Å². The lowest BCUT2D eigenvalue weighted by Gasteiger charge is -2.24. The summed E-state index contributed by atoms with van der Waals surface area (Å²) in [4.78, 5) is 4.85. The van der Waals surface area contributed by atoms with E-state index in [1.165, 1.54) is 75.3 Å². The van der Waals surface area contributed by atoms with E-state index in [4.69, 9.17) is 4.99 Å². The maximum atomic E-state index is 11.1. The molecule has 4 rings (SSSR count). The van der Waals surface area contributed by atoms with Gasteiger partial charge in [-0.15, -0.1) is 0 Å². The predicted molar refractivity (Wildman–Crippen MR) is 114 cm³/mol. The predicted octanol–water partition coefficient (Wildman–Crippen LogP) is 6.86. The van der Waals surface area contributed by atoms with Gasteiger partial charge >= 0.3 is 0 Å². The highest BCUT2D eigenvalue weighted by atomic mass is 16.3. The number of phenolic OH excluding ortho intramolecular Hbond substituents is 1. The number of rotatable bonds is 4. The second-order valence-electron chi connectivity index (χ2n) is 8.27. The molecule has 142 valence electrons. The normalized spacial score (nSPS) is 19.6. The smallest absolute Gasteiger partial charge is 0.127 e. The van der Waals surface area contributed by atoms with E-state index in [9.17, 15) is 5.11 Å². The fraction of sp³-hybridized carbons (Fsp3) is 0.480. The Morgan fingerprint density at radius 3 is 2.15 bits per heavy atom. The lowest BCUT2D eigenvalue weighted by atomic mass is 9.82. The first-order valence-corrected chi connectivity index (χ1v) is 10.8. The second kappa shape index (κ2) is 8.73. The summed E-state index contributed by atoms with van der Waals surface area (Å²) < 4.78 is 0. The highest BCUT2D eigenvalue weighted by Crippen LogP contribution is 2.40. The number of aromatic hydroxyl groups is 1. The fourth-order valence-electron chi connectivity index (χ4n) is 4.72. The molecule has 0 amide bonds. The van der Waals surface area contributed by atoms with Crippen molar-refractivity contribution >= 4 is 6.21 Å². The van der Waals surface area contributed by atoms with Crippen molar-refractivity contribution in [3.8, 4) is 16.9 Å². The lowest BCUT2D eigenvalue weighted by molar-refractivity contribution is 0.414. The van der Waals surface area contributed by atoms with Crippen LogP contribution in [-0.4, -0.2) is 17.4 Å². The summed E-state index contributed by atoms with van der Waals surface area (Å²) in [6.45, 7) is 0. The summed E-state index contributed by atoms with van der Waals surface area (Å²) >= 11 is 0. The Kier molecular flexibility index (Phi) is 5.91. The molecule has 0 aromatic heterocycles. The van der Waals surface area contributed by atoms with Crippen molar-refractivity contribution in [3.63, 3.8) is 0 Å². The van der Waals surface area contributed by atoms with Crippen LogP contribution in [0.3, 0.4) is 0 Å². The highest BCUT2D eigenvalue weighted by molar-refractivity contribution is 5.87. The molecule has 2 fully saturated rings. The van der Waals surface area contributed by atoms with Gasteiger partial charge in [0.05, 0.1) is 0 Å². The van der Waals surface area contributed by atoms with E-state index >= 15 is 0 Å². The van der Waals surface area contributed by atoms with Crippen LogP contribution in [0.25, 0.3) is 11.1 Å². The van der Waals surface area contributed by atoms with Gasteiger partial charge in [-0.2, -0.15) is 0 Å². The van der Waals surface area contributed by atoms with Crippen molar-refractivity contribution in [1.29, 1.82) is 0 Å². The molecule has 0 aliphatic heterocycles. The van der Waals surface area contributed by atoms with E-state index < -0.39 is 0 Å². The standard InChI is InChI=1S/C25H31NO/c27-25-22(18-26-23-14-8-3-9-15-23)16-21(19-10-4-1-5-11-19)17-24(25)20-12-6-2-7-13-20/h1,4-5,10-11,16-18,20,23,27H,2-3,6-9,12-15H2. The summed E-state index contributed by atoms with van der Waals surface area (Å²) in [6.07, 6.45) is 14.5. The Hall–Kier alpha value is -2.09. The molecule has 27 heavy (non-hydrogen) atoms. The minimum Gasteiger partial charge on any atom is -0.507 e. The molecule has 2 aromatic rings. The van der Waals surface area contributed by atoms with Gasteiger partial charge in [-0.25, -0.2) is 0 Å². The quantitative estimate of drug-likeness (QED) is 0.593. The summed E-state index contributed by atoms with van der Waals surface area (Å²) in [5.74, 6) is 0.936. The van der Waals surface area contributed by atoms with Gasteiger partial charge in [0, 0.05) is 17.8 Å². The Morgan fingerprint density at radius 1 is 0.778 bits per heavy atom. The van der Waals surface area contributed by atoms with Crippen LogP contribution in [0.4, 0.5) is 0 Å². The molecule has 0 saturated heterocycles. The maximum absolute atomic E-state index is 11.1. The summed E-state index contributed by atoms with van der Waals surface area (Å²) in [7, 11) is 0. The Morgan fingerprint density at radius 2 is 1.44 bits per heavy atom. The molecular formula is C25H31NO. The Balaban J connectivity index is 1.70. The number of benzene rings is 2. The molecule has 2 nitrogen and oxygen atoms in total. The van der Waals surface area contributed by atoms with Crippen molar-refractivity contribution < 1.29 is 5.11 Å². The minimum absolute atomic E-state index is 0.427. The third kappa shape index (κ3) is 4.43. The maximum Gasteiger partial charge on any atom is 0.127 e. The Labute approximate surface area is 163 Å². The van der Waals surface area contributed by atoms with Gasteiger partial charge in [0.1, 0.15) is 5.75 Å². The topological polar surface area (TPSA) is 32.6 Å². The molecule has 0 heterocycles. The van der Waals surface area contributed by atoms with Crippen LogP contribution in [0.1, 0.15) is 81.3 Å². The third-order valence-corrected chi connectivity index (χ3v) is 6.32. The van der Waals surface area contributed by atoms with Crippen LogP contribution in [-0.2, 0) is 0 Å². The molecule has 2 aromatic carbocycles. The SMILES string of the molecule is Oc1c(C=NC2CCCCC2)cc(-c2ccccc2)cc1C1CCCCC1. The first kappa shape index (κ1) is 18.3. The largest absolute Gasteiger partial charge is 0.507 e. The first-order chi connectivity index (χ1) is 13.3. The second-order valence-corrected chi connectivity index (χ2v) is 8.27. The van der Waals surface area contributed by atoms with Crippen LogP contribution < -0.4 is 0 Å². The minimum atomic E-state index is 0.427. The fourth-order valence-corrected chi connectivity index (χ4v) is 4.72. The summed E-state index contributed by atoms with van der Waals surface area (Å²) in [5, 5.41) is 11.1. The van der Waals surface area contributed by atoms with Crippen LogP contribution in [0, 0.1) is 0 Å². The lowest BCUT2D eigenvalue weighted by Crippen LogP contribution is -2.10. The van der Waals surface area contributed by atoms with Crippen LogP contribution in [0.2, 0.25) is 0 Å². The van der Waals surface area contributed by atoms with Crippen molar-refractivity contribution in [2.45, 2.75) is 76.2 Å². The first-order valence-electron chi connectivity index (χ1n) is 10.8. The molecule has 0 unspecified atom stereocenters. The Bertz CT molecular complexity index is 768. The zero-order valence-corrected chi connectivity index (χ0v) is 16.2. The van der Waals surface area contributed by atoms with Crippen molar-refractivity contribution in [2.75, 3.05) is 0 Å². The average Bonchev–Trinajstić information content (AvgIpc) is 2.75. The van der Waals surface area contributed by atoms with Gasteiger partial charge in [-0.05, 0) is 60.4 Å². The monoisotopic (exact) mass is 361 g/mol. The number of hydrogen-bond donors (Lipinski definition) is 1. The van der Waals surface area contributed by atoms with Crippen LogP contribution in [0.15, 0.2) is 47.5 Å². The number of hydrogen-bond acceptors (Lipinski definition) is 2. The van der Waals surface area contributed by atoms with Crippen molar-refractivity contribution in [3.05, 3.63) is 53.6 Å². The average molecular weight is 362 g/mol. The zero-order chi connectivity index (χ0) is 18.5. The molecule has 1 N–H and O–H groups in total. The molecular weight excluding hydrogens is 330 g/mol. The molecule has 2 aliphatic carbocycles. The molecule has 0 radical (unpaired) electrons. The van der Waals surface area contributed by atoms with Gasteiger partial charge in [-0.1, -0.05) is 68.9 Å². The number of phenols is 1. The van der Waals surface area contributed by atoms with Gasteiger partial charge in [0.2, 0.25) is 0 Å². The van der Waals surface area contributed by atoms with E-state index in [2.05, 4.69) is 42.5 Å². The molecule has 2 aliphatic rings. The molecule has 0 bridgehead atoms. The third-order valence-electron chi connectivity index (χ3n) is 6.32. The summed E-state index contributed by atoms with van der Waals surface area (Å²) in [6, 6.07) is 15.3. The molecule has 2 saturated carbocycles. The zero-order valence-electron chi connectivity index (χ0n) is 16.2. The van der Waals surface area contributed by atoms with Gasteiger partial charge in [-0.3, -0.25) is 4.99 Å². The van der Waals surface area contributed by atoms with Crippen LogP contribution >= 0.6 is 0 Å². The van der Waals surface area contributed by atoms with E-state index in [1.54, 1.807) is 0 Å². The van der Waals surface area contributed by atoms with E-state index in [1.807, 2.05) is 6.21 Å². The van der Waals surface area contributed by atoms with Crippen LogP contribution in [0.5, 0.6) is 5.75 Å². The van der Waals surface area contributed by atoms with E-state index in [-0.39, 0.29) is 0 Å². The molecule has 0 atom stereocenters. The van der Waals surface area contributed by atoms with Crippen molar-refractivity contribution in [1.82, 2.24) is 0 Å². The van der Waals surface area contributed by atoms with Gasteiger partial charge in [0.25, 0.3) is 0 Å². The number of nitrogens with zero attached hydrogens (tertiary/aromatic N) is 1.